The van der Waals surface area contributed by atoms with E-state index in [4.69, 9.17) is 20.0 Å². The van der Waals surface area contributed by atoms with Crippen LogP contribution < -0.4 is 9.47 Å². The predicted octanol–water partition coefficient (Wildman–Crippen LogP) is 2.13. The first-order chi connectivity index (χ1) is 11.2. The van der Waals surface area contributed by atoms with Gasteiger partial charge < -0.3 is 14.4 Å². The average Bonchev–Trinajstić information content (AvgIpc) is 3.12. The van der Waals surface area contributed by atoms with Crippen LogP contribution in [0.3, 0.4) is 0 Å². The van der Waals surface area contributed by atoms with Gasteiger partial charge in [-0.15, -0.1) is 0 Å². The minimum atomic E-state index is -0.0372. The standard InChI is InChI=1S/C17H17N3O3/c1-22-16-9-13(8-14(10-18)11-19)4-5-15(16)23-12-17(21)20-6-2-3-7-20/h4-5,8-9H,2-3,6-7,12H2,1H3. The van der Waals surface area contributed by atoms with Gasteiger partial charge in [0.25, 0.3) is 5.91 Å². The molecule has 6 nitrogen and oxygen atoms in total. The third-order valence-corrected chi connectivity index (χ3v) is 3.55. The molecule has 1 aliphatic rings. The van der Waals surface area contributed by atoms with Crippen molar-refractivity contribution in [3.8, 4) is 23.6 Å². The summed E-state index contributed by atoms with van der Waals surface area (Å²) in [6, 6.07) is 8.62. The van der Waals surface area contributed by atoms with Gasteiger partial charge >= 0.3 is 0 Å². The molecule has 0 N–H and O–H groups in total. The van der Waals surface area contributed by atoms with Crippen molar-refractivity contribution in [1.29, 1.82) is 10.5 Å². The number of allylic oxidation sites excluding steroid dienone is 1. The lowest BCUT2D eigenvalue weighted by Gasteiger charge is -2.16. The summed E-state index contributed by atoms with van der Waals surface area (Å²) in [6.45, 7) is 1.54. The lowest BCUT2D eigenvalue weighted by Crippen LogP contribution is -2.32. The number of benzene rings is 1. The maximum Gasteiger partial charge on any atom is 0.260 e. The smallest absolute Gasteiger partial charge is 0.260 e. The molecule has 23 heavy (non-hydrogen) atoms. The summed E-state index contributed by atoms with van der Waals surface area (Å²) >= 11 is 0. The van der Waals surface area contributed by atoms with Crippen LogP contribution >= 0.6 is 0 Å². The van der Waals surface area contributed by atoms with Gasteiger partial charge in [0, 0.05) is 13.1 Å². The van der Waals surface area contributed by atoms with E-state index >= 15 is 0 Å². The van der Waals surface area contributed by atoms with Crippen LogP contribution in [0.5, 0.6) is 11.5 Å². The van der Waals surface area contributed by atoms with Crippen molar-refractivity contribution in [3.05, 3.63) is 29.3 Å². The Kier molecular flexibility index (Phi) is 5.60. The monoisotopic (exact) mass is 311 g/mol. The summed E-state index contributed by atoms with van der Waals surface area (Å²) < 4.78 is 10.8. The fraction of sp³-hybridized carbons (Fsp3) is 0.353. The summed E-state index contributed by atoms with van der Waals surface area (Å²) in [5, 5.41) is 17.6. The van der Waals surface area contributed by atoms with E-state index in [-0.39, 0.29) is 18.1 Å². The zero-order valence-electron chi connectivity index (χ0n) is 12.9. The summed E-state index contributed by atoms with van der Waals surface area (Å²) in [7, 11) is 1.49. The zero-order chi connectivity index (χ0) is 16.7. The van der Waals surface area contributed by atoms with Crippen molar-refractivity contribution >= 4 is 12.0 Å². The quantitative estimate of drug-likeness (QED) is 0.777. The number of amides is 1. The summed E-state index contributed by atoms with van der Waals surface area (Å²) in [5.41, 5.74) is 0.656. The molecule has 6 heteroatoms. The number of nitrogens with zero attached hydrogens (tertiary/aromatic N) is 3. The van der Waals surface area contributed by atoms with E-state index in [0.717, 1.165) is 25.9 Å². The second kappa shape index (κ2) is 7.86. The van der Waals surface area contributed by atoms with E-state index in [2.05, 4.69) is 0 Å². The molecule has 0 atom stereocenters. The highest BCUT2D eigenvalue weighted by atomic mass is 16.5. The number of carbonyl (C=O) groups excluding carboxylic acids is 1. The Morgan fingerprint density at radius 2 is 1.96 bits per heavy atom. The van der Waals surface area contributed by atoms with Crippen LogP contribution in [-0.2, 0) is 4.79 Å². The molecule has 0 bridgehead atoms. The molecule has 1 saturated heterocycles. The van der Waals surface area contributed by atoms with Crippen molar-refractivity contribution in [2.75, 3.05) is 26.8 Å². The third-order valence-electron chi connectivity index (χ3n) is 3.55. The van der Waals surface area contributed by atoms with Crippen LogP contribution in [0.4, 0.5) is 0 Å². The van der Waals surface area contributed by atoms with Crippen LogP contribution in [0.2, 0.25) is 0 Å². The molecule has 1 heterocycles. The topological polar surface area (TPSA) is 86.3 Å². The van der Waals surface area contributed by atoms with Crippen LogP contribution in [0.1, 0.15) is 18.4 Å². The molecule has 1 aromatic rings. The summed E-state index contributed by atoms with van der Waals surface area (Å²) in [5.74, 6) is 0.862. The molecule has 1 amide bonds. The molecule has 2 rings (SSSR count). The fourth-order valence-electron chi connectivity index (χ4n) is 2.35. The third kappa shape index (κ3) is 4.24. The minimum Gasteiger partial charge on any atom is -0.493 e. The number of rotatable bonds is 5. The minimum absolute atomic E-state index is 0.00457. The first-order valence-corrected chi connectivity index (χ1v) is 7.28. The Hall–Kier alpha value is -2.99. The van der Waals surface area contributed by atoms with Gasteiger partial charge in [-0.2, -0.15) is 10.5 Å². The van der Waals surface area contributed by atoms with Crippen molar-refractivity contribution in [2.24, 2.45) is 0 Å². The van der Waals surface area contributed by atoms with E-state index in [9.17, 15) is 4.79 Å². The maximum absolute atomic E-state index is 12.0. The molecule has 118 valence electrons. The average molecular weight is 311 g/mol. The molecule has 1 fully saturated rings. The lowest BCUT2D eigenvalue weighted by molar-refractivity contribution is -0.132. The van der Waals surface area contributed by atoms with Gasteiger partial charge in [0.15, 0.2) is 18.1 Å². The number of likely N-dealkylation sites (tertiary alicyclic amines) is 1. The maximum atomic E-state index is 12.0. The van der Waals surface area contributed by atoms with Crippen molar-refractivity contribution in [1.82, 2.24) is 4.90 Å². The number of methoxy groups -OCH3 is 1. The van der Waals surface area contributed by atoms with Crippen LogP contribution in [-0.4, -0.2) is 37.6 Å². The van der Waals surface area contributed by atoms with Gasteiger partial charge in [-0.05, 0) is 36.6 Å². The molecule has 0 aliphatic carbocycles. The largest absolute Gasteiger partial charge is 0.493 e. The molecule has 0 aromatic heterocycles. The van der Waals surface area contributed by atoms with E-state index in [0.29, 0.717) is 17.1 Å². The molecule has 1 aliphatic heterocycles. The highest BCUT2D eigenvalue weighted by molar-refractivity contribution is 5.78. The van der Waals surface area contributed by atoms with E-state index in [1.807, 2.05) is 0 Å². The first kappa shape index (κ1) is 16.4. The molecule has 0 saturated carbocycles. The Balaban J connectivity index is 2.08. The number of hydrogen-bond donors (Lipinski definition) is 0. The van der Waals surface area contributed by atoms with E-state index < -0.39 is 0 Å². The Morgan fingerprint density at radius 1 is 1.26 bits per heavy atom. The predicted molar refractivity (Wildman–Crippen MR) is 83.5 cm³/mol. The van der Waals surface area contributed by atoms with Gasteiger partial charge in [0.1, 0.15) is 17.7 Å². The highest BCUT2D eigenvalue weighted by Crippen LogP contribution is 2.29. The SMILES string of the molecule is COc1cc(C=C(C#N)C#N)ccc1OCC(=O)N1CCCC1. The van der Waals surface area contributed by atoms with Gasteiger partial charge in [-0.3, -0.25) is 4.79 Å². The fourth-order valence-corrected chi connectivity index (χ4v) is 2.35. The van der Waals surface area contributed by atoms with E-state index in [1.54, 1.807) is 35.2 Å². The van der Waals surface area contributed by atoms with Crippen LogP contribution in [0, 0.1) is 22.7 Å². The molecule has 0 radical (unpaired) electrons. The molecular formula is C17H17N3O3. The van der Waals surface area contributed by atoms with Gasteiger partial charge in [-0.25, -0.2) is 0 Å². The molecule has 1 aromatic carbocycles. The second-order valence-electron chi connectivity index (χ2n) is 5.07. The normalized spacial score (nSPS) is 12.9. The number of nitriles is 2. The molecule has 0 spiro atoms. The van der Waals surface area contributed by atoms with Crippen molar-refractivity contribution in [3.63, 3.8) is 0 Å². The van der Waals surface area contributed by atoms with Gasteiger partial charge in [0.2, 0.25) is 0 Å². The summed E-state index contributed by atoms with van der Waals surface area (Å²) in [4.78, 5) is 13.8. The molecule has 0 unspecified atom stereocenters. The number of ether oxygens (including phenoxy) is 2. The Labute approximate surface area is 135 Å². The number of carbonyl (C=O) groups is 1. The number of hydrogen-bond acceptors (Lipinski definition) is 5. The van der Waals surface area contributed by atoms with Crippen molar-refractivity contribution < 1.29 is 14.3 Å². The Morgan fingerprint density at radius 3 is 2.57 bits per heavy atom. The van der Waals surface area contributed by atoms with Gasteiger partial charge in [0.05, 0.1) is 7.11 Å². The van der Waals surface area contributed by atoms with Crippen LogP contribution in [0.15, 0.2) is 23.8 Å². The Bertz CT molecular complexity index is 676. The van der Waals surface area contributed by atoms with Crippen LogP contribution in [0.25, 0.3) is 6.08 Å². The molecular weight excluding hydrogens is 294 g/mol. The zero-order valence-corrected chi connectivity index (χ0v) is 12.9. The summed E-state index contributed by atoms with van der Waals surface area (Å²) in [6.07, 6.45) is 3.54. The van der Waals surface area contributed by atoms with E-state index in [1.165, 1.54) is 13.2 Å². The second-order valence-corrected chi connectivity index (χ2v) is 5.07. The first-order valence-electron chi connectivity index (χ1n) is 7.28. The van der Waals surface area contributed by atoms with Gasteiger partial charge in [-0.1, -0.05) is 6.07 Å². The lowest BCUT2D eigenvalue weighted by atomic mass is 10.1. The van der Waals surface area contributed by atoms with Crippen molar-refractivity contribution in [2.45, 2.75) is 12.8 Å². The highest BCUT2D eigenvalue weighted by Gasteiger charge is 2.18.